The molecule has 1 aliphatic heterocycles. The van der Waals surface area contributed by atoms with E-state index in [9.17, 15) is 4.39 Å². The Kier molecular flexibility index (Phi) is 3.30. The number of aryl methyl sites for hydroxylation is 2. The Morgan fingerprint density at radius 3 is 2.45 bits per heavy atom. The van der Waals surface area contributed by atoms with Crippen LogP contribution in [0.1, 0.15) is 16.8 Å². The molecular weight excluding hydrogens is 277 g/mol. The topological polar surface area (TPSA) is 29.9 Å². The molecule has 0 spiro atoms. The summed E-state index contributed by atoms with van der Waals surface area (Å²) < 4.78 is 14.8. The number of aromatic nitrogens is 2. The quantitative estimate of drug-likeness (QED) is 0.943. The molecule has 0 unspecified atom stereocenters. The maximum Gasteiger partial charge on any atom is 0.130 e. The minimum absolute atomic E-state index is 0.00880. The Morgan fingerprint density at radius 1 is 1.35 bits per heavy atom. The first-order valence-electron chi connectivity index (χ1n) is 6.67. The largest absolute Gasteiger partial charge is 0.315 e. The fourth-order valence-electron chi connectivity index (χ4n) is 2.87. The summed E-state index contributed by atoms with van der Waals surface area (Å²) in [7, 11) is 1.85. The van der Waals surface area contributed by atoms with Crippen LogP contribution in [0.15, 0.2) is 24.3 Å². The third-order valence-corrected chi connectivity index (χ3v) is 4.64. The van der Waals surface area contributed by atoms with E-state index in [0.29, 0.717) is 5.15 Å². The molecule has 1 fully saturated rings. The fourth-order valence-corrected chi connectivity index (χ4v) is 3.12. The van der Waals surface area contributed by atoms with Gasteiger partial charge in [0.25, 0.3) is 0 Å². The van der Waals surface area contributed by atoms with Gasteiger partial charge in [0.05, 0.1) is 5.69 Å². The van der Waals surface area contributed by atoms with Crippen molar-refractivity contribution in [2.45, 2.75) is 18.8 Å². The summed E-state index contributed by atoms with van der Waals surface area (Å²) in [4.78, 5) is 0. The van der Waals surface area contributed by atoms with Crippen molar-refractivity contribution in [1.29, 1.82) is 0 Å². The summed E-state index contributed by atoms with van der Waals surface area (Å²) >= 11 is 6.33. The van der Waals surface area contributed by atoms with Gasteiger partial charge in [-0.1, -0.05) is 23.7 Å². The zero-order valence-corrected chi connectivity index (χ0v) is 12.3. The minimum Gasteiger partial charge on any atom is -0.315 e. The SMILES string of the molecule is Cc1nn(C)c(Cl)c1CC1(c2ccc(F)cc2)CNC1. The summed E-state index contributed by atoms with van der Waals surface area (Å²) in [5, 5.41) is 8.37. The second kappa shape index (κ2) is 4.86. The van der Waals surface area contributed by atoms with Gasteiger partial charge in [-0.25, -0.2) is 4.39 Å². The average Bonchev–Trinajstić information content (AvgIpc) is 2.61. The lowest BCUT2D eigenvalue weighted by molar-refractivity contribution is 0.274. The third-order valence-electron chi connectivity index (χ3n) is 4.17. The number of nitrogens with one attached hydrogen (secondary N) is 1. The lowest BCUT2D eigenvalue weighted by atomic mass is 9.71. The molecule has 0 bridgehead atoms. The van der Waals surface area contributed by atoms with Gasteiger partial charge in [0.2, 0.25) is 0 Å². The van der Waals surface area contributed by atoms with Gasteiger partial charge < -0.3 is 5.32 Å². The second-order valence-electron chi connectivity index (χ2n) is 5.55. The molecule has 3 nitrogen and oxygen atoms in total. The van der Waals surface area contributed by atoms with Gasteiger partial charge in [0, 0.05) is 31.1 Å². The van der Waals surface area contributed by atoms with E-state index in [4.69, 9.17) is 11.6 Å². The van der Waals surface area contributed by atoms with Crippen LogP contribution in [0.5, 0.6) is 0 Å². The van der Waals surface area contributed by atoms with Crippen LogP contribution >= 0.6 is 11.6 Å². The van der Waals surface area contributed by atoms with Crippen LogP contribution < -0.4 is 5.32 Å². The van der Waals surface area contributed by atoms with Crippen molar-refractivity contribution in [3.8, 4) is 0 Å². The highest BCUT2D eigenvalue weighted by Crippen LogP contribution is 2.35. The molecule has 1 saturated heterocycles. The number of hydrogen-bond acceptors (Lipinski definition) is 2. The molecule has 106 valence electrons. The van der Waals surface area contributed by atoms with Crippen LogP contribution in [-0.4, -0.2) is 22.9 Å². The van der Waals surface area contributed by atoms with Crippen molar-refractivity contribution >= 4 is 11.6 Å². The second-order valence-corrected chi connectivity index (χ2v) is 5.90. The van der Waals surface area contributed by atoms with Crippen molar-refractivity contribution in [3.63, 3.8) is 0 Å². The smallest absolute Gasteiger partial charge is 0.130 e. The van der Waals surface area contributed by atoms with Gasteiger partial charge in [-0.2, -0.15) is 5.10 Å². The Balaban J connectivity index is 1.96. The summed E-state index contributed by atoms with van der Waals surface area (Å²) in [6.45, 7) is 3.73. The molecule has 5 heteroatoms. The van der Waals surface area contributed by atoms with Crippen LogP contribution in [0.4, 0.5) is 4.39 Å². The van der Waals surface area contributed by atoms with Gasteiger partial charge in [-0.05, 0) is 31.0 Å². The Hall–Kier alpha value is -1.39. The molecule has 0 atom stereocenters. The predicted molar refractivity (Wildman–Crippen MR) is 77.6 cm³/mol. The summed E-state index contributed by atoms with van der Waals surface area (Å²) in [6.07, 6.45) is 0.824. The molecule has 0 aliphatic carbocycles. The van der Waals surface area contributed by atoms with E-state index in [-0.39, 0.29) is 11.2 Å². The monoisotopic (exact) mass is 293 g/mol. The van der Waals surface area contributed by atoms with Crippen molar-refractivity contribution in [2.75, 3.05) is 13.1 Å². The number of nitrogens with zero attached hydrogens (tertiary/aromatic N) is 2. The van der Waals surface area contributed by atoms with Gasteiger partial charge in [0.1, 0.15) is 11.0 Å². The van der Waals surface area contributed by atoms with E-state index >= 15 is 0 Å². The maximum absolute atomic E-state index is 13.1. The summed E-state index contributed by atoms with van der Waals surface area (Å²) in [5.74, 6) is -0.202. The van der Waals surface area contributed by atoms with Crippen molar-refractivity contribution in [3.05, 3.63) is 52.1 Å². The molecule has 1 aromatic heterocycles. The lowest BCUT2D eigenvalue weighted by Crippen LogP contribution is -2.58. The van der Waals surface area contributed by atoms with E-state index in [1.54, 1.807) is 4.68 Å². The zero-order chi connectivity index (χ0) is 14.3. The predicted octanol–water partition coefficient (Wildman–Crippen LogP) is 2.60. The Bertz CT molecular complexity index is 629. The highest BCUT2D eigenvalue weighted by atomic mass is 35.5. The van der Waals surface area contributed by atoms with Crippen LogP contribution in [-0.2, 0) is 18.9 Å². The molecule has 0 amide bonds. The van der Waals surface area contributed by atoms with Crippen molar-refractivity contribution < 1.29 is 4.39 Å². The van der Waals surface area contributed by atoms with E-state index < -0.39 is 0 Å². The molecule has 3 rings (SSSR count). The van der Waals surface area contributed by atoms with Crippen LogP contribution in [0.3, 0.4) is 0 Å². The minimum atomic E-state index is -0.202. The average molecular weight is 294 g/mol. The molecular formula is C15H17ClFN3. The molecule has 2 heterocycles. The molecule has 1 aromatic carbocycles. The highest BCUT2D eigenvalue weighted by Gasteiger charge is 2.40. The first kappa shape index (κ1) is 13.6. The molecule has 1 aliphatic rings. The molecule has 2 aromatic rings. The molecule has 0 saturated carbocycles. The zero-order valence-electron chi connectivity index (χ0n) is 11.6. The van der Waals surface area contributed by atoms with Crippen LogP contribution in [0.25, 0.3) is 0 Å². The van der Waals surface area contributed by atoms with Crippen LogP contribution in [0.2, 0.25) is 5.15 Å². The molecule has 0 radical (unpaired) electrons. The summed E-state index contributed by atoms with van der Waals surface area (Å²) in [6, 6.07) is 6.78. The number of hydrogen-bond donors (Lipinski definition) is 1. The number of benzene rings is 1. The van der Waals surface area contributed by atoms with Gasteiger partial charge in [0.15, 0.2) is 0 Å². The molecule has 20 heavy (non-hydrogen) atoms. The van der Waals surface area contributed by atoms with E-state index in [2.05, 4.69) is 10.4 Å². The lowest BCUT2D eigenvalue weighted by Gasteiger charge is -2.43. The maximum atomic E-state index is 13.1. The first-order chi connectivity index (χ1) is 9.52. The van der Waals surface area contributed by atoms with Gasteiger partial charge in [-0.15, -0.1) is 0 Å². The van der Waals surface area contributed by atoms with Crippen molar-refractivity contribution in [1.82, 2.24) is 15.1 Å². The van der Waals surface area contributed by atoms with E-state index in [0.717, 1.165) is 36.3 Å². The third kappa shape index (κ3) is 2.13. The summed E-state index contributed by atoms with van der Waals surface area (Å²) in [5.41, 5.74) is 3.19. The first-order valence-corrected chi connectivity index (χ1v) is 7.04. The normalized spacial score (nSPS) is 17.0. The van der Waals surface area contributed by atoms with E-state index in [1.807, 2.05) is 26.1 Å². The molecule has 1 N–H and O–H groups in total. The highest BCUT2D eigenvalue weighted by molar-refractivity contribution is 6.30. The van der Waals surface area contributed by atoms with Crippen molar-refractivity contribution in [2.24, 2.45) is 7.05 Å². The Labute approximate surface area is 122 Å². The van der Waals surface area contributed by atoms with Crippen LogP contribution in [0, 0.1) is 12.7 Å². The standard InChI is InChI=1S/C15H17ClFN3/c1-10-13(14(16)20(2)19-10)7-15(8-18-9-15)11-3-5-12(17)6-4-11/h3-6,18H,7-9H2,1-2H3. The Morgan fingerprint density at radius 2 is 2.00 bits per heavy atom. The fraction of sp³-hybridized carbons (Fsp3) is 0.400. The van der Waals surface area contributed by atoms with Gasteiger partial charge in [-0.3, -0.25) is 4.68 Å². The number of halogens is 2. The number of rotatable bonds is 3. The van der Waals surface area contributed by atoms with Gasteiger partial charge >= 0.3 is 0 Å². The van der Waals surface area contributed by atoms with E-state index in [1.165, 1.54) is 12.1 Å².